The van der Waals surface area contributed by atoms with Gasteiger partial charge < -0.3 is 15.2 Å². The van der Waals surface area contributed by atoms with Crippen molar-refractivity contribution in [2.45, 2.75) is 13.0 Å². The molecule has 0 radical (unpaired) electrons. The summed E-state index contributed by atoms with van der Waals surface area (Å²) in [5, 5.41) is 12.5. The smallest absolute Gasteiger partial charge is 0.127 e. The van der Waals surface area contributed by atoms with Crippen LogP contribution in [0.25, 0.3) is 0 Å². The molecule has 104 valence electrons. The van der Waals surface area contributed by atoms with Gasteiger partial charge in [-0.3, -0.25) is 4.99 Å². The number of hydrogen-bond acceptors (Lipinski definition) is 3. The Kier molecular flexibility index (Phi) is 4.74. The van der Waals surface area contributed by atoms with Gasteiger partial charge in [0.25, 0.3) is 0 Å². The van der Waals surface area contributed by atoms with Gasteiger partial charge in [0.2, 0.25) is 0 Å². The van der Waals surface area contributed by atoms with Crippen LogP contribution in [0.4, 0.5) is 5.69 Å². The molecule has 0 fully saturated rings. The Balaban J connectivity index is 2.02. The minimum absolute atomic E-state index is 0.463. The van der Waals surface area contributed by atoms with Crippen molar-refractivity contribution in [2.24, 2.45) is 4.99 Å². The number of ether oxygens (including phenoxy) is 1. The zero-order valence-electron chi connectivity index (χ0n) is 11.6. The van der Waals surface area contributed by atoms with Gasteiger partial charge in [0.15, 0.2) is 0 Å². The first kappa shape index (κ1) is 14.1. The van der Waals surface area contributed by atoms with E-state index in [4.69, 9.17) is 4.74 Å². The number of benzene rings is 2. The van der Waals surface area contributed by atoms with E-state index in [1.807, 2.05) is 48.5 Å². The second kappa shape index (κ2) is 6.73. The Morgan fingerprint density at radius 2 is 1.60 bits per heavy atom. The molecule has 1 unspecified atom stereocenters. The molecular weight excluding hydrogens is 252 g/mol. The van der Waals surface area contributed by atoms with E-state index in [1.54, 1.807) is 20.3 Å². The molecule has 0 saturated heterocycles. The van der Waals surface area contributed by atoms with E-state index in [9.17, 15) is 5.11 Å². The molecule has 0 bridgehead atoms. The van der Waals surface area contributed by atoms with Gasteiger partial charge in [0.05, 0.1) is 12.4 Å². The topological polar surface area (TPSA) is 53.9 Å². The van der Waals surface area contributed by atoms with Crippen LogP contribution in [0.5, 0.6) is 11.5 Å². The SMILES string of the molecule is CN=CNc1ccc(Oc2ccc(C(C)O)cc2)cc1. The predicted octanol–water partition coefficient (Wildman–Crippen LogP) is 3.60. The number of rotatable bonds is 5. The summed E-state index contributed by atoms with van der Waals surface area (Å²) in [4.78, 5) is 3.86. The minimum atomic E-state index is -0.463. The maximum absolute atomic E-state index is 9.45. The first-order valence-corrected chi connectivity index (χ1v) is 6.42. The number of aliphatic hydroxyl groups is 1. The standard InChI is InChI=1S/C16H18N2O2/c1-12(19)13-3-7-15(8-4-13)20-16-9-5-14(6-10-16)18-11-17-2/h3-12,19H,1-2H3,(H,17,18). The molecule has 0 aliphatic heterocycles. The Morgan fingerprint density at radius 3 is 2.10 bits per heavy atom. The average Bonchev–Trinajstić information content (AvgIpc) is 2.47. The third-order valence-electron chi connectivity index (χ3n) is 2.81. The first-order chi connectivity index (χ1) is 9.69. The quantitative estimate of drug-likeness (QED) is 0.644. The van der Waals surface area contributed by atoms with Crippen LogP contribution >= 0.6 is 0 Å². The number of aliphatic hydroxyl groups excluding tert-OH is 1. The molecule has 4 nitrogen and oxygen atoms in total. The molecule has 2 aromatic carbocycles. The average molecular weight is 270 g/mol. The van der Waals surface area contributed by atoms with Crippen LogP contribution in [0, 0.1) is 0 Å². The van der Waals surface area contributed by atoms with Crippen LogP contribution in [-0.2, 0) is 0 Å². The van der Waals surface area contributed by atoms with Crippen LogP contribution in [0.1, 0.15) is 18.6 Å². The lowest BCUT2D eigenvalue weighted by Crippen LogP contribution is -1.94. The lowest BCUT2D eigenvalue weighted by molar-refractivity contribution is 0.199. The third kappa shape index (κ3) is 3.83. The summed E-state index contributed by atoms with van der Waals surface area (Å²) < 4.78 is 5.73. The van der Waals surface area contributed by atoms with E-state index >= 15 is 0 Å². The molecule has 2 aromatic rings. The molecule has 20 heavy (non-hydrogen) atoms. The molecule has 0 aliphatic rings. The fourth-order valence-electron chi connectivity index (χ4n) is 1.71. The number of nitrogens with one attached hydrogen (secondary N) is 1. The van der Waals surface area contributed by atoms with Gasteiger partial charge in [-0.25, -0.2) is 0 Å². The zero-order valence-corrected chi connectivity index (χ0v) is 11.6. The summed E-state index contributed by atoms with van der Waals surface area (Å²) in [5.74, 6) is 1.50. The maximum atomic E-state index is 9.45. The van der Waals surface area contributed by atoms with Crippen molar-refractivity contribution >= 4 is 12.0 Å². The molecule has 0 spiro atoms. The number of aliphatic imine (C=N–C) groups is 1. The highest BCUT2D eigenvalue weighted by atomic mass is 16.5. The lowest BCUT2D eigenvalue weighted by Gasteiger charge is -2.09. The maximum Gasteiger partial charge on any atom is 0.127 e. The molecule has 0 aromatic heterocycles. The van der Waals surface area contributed by atoms with Crippen molar-refractivity contribution in [3.8, 4) is 11.5 Å². The summed E-state index contributed by atoms with van der Waals surface area (Å²) in [6.07, 6.45) is 1.17. The van der Waals surface area contributed by atoms with E-state index in [2.05, 4.69) is 10.3 Å². The number of hydrogen-bond donors (Lipinski definition) is 2. The van der Waals surface area contributed by atoms with Crippen molar-refractivity contribution < 1.29 is 9.84 Å². The molecule has 2 rings (SSSR count). The third-order valence-corrected chi connectivity index (χ3v) is 2.81. The Hall–Kier alpha value is -2.33. The summed E-state index contributed by atoms with van der Waals surface area (Å²) >= 11 is 0. The van der Waals surface area contributed by atoms with E-state index in [1.165, 1.54) is 0 Å². The minimum Gasteiger partial charge on any atom is -0.457 e. The van der Waals surface area contributed by atoms with Crippen molar-refractivity contribution in [3.63, 3.8) is 0 Å². The summed E-state index contributed by atoms with van der Waals surface area (Å²) in [6, 6.07) is 15.0. The van der Waals surface area contributed by atoms with Gasteiger partial charge in [-0.2, -0.15) is 0 Å². The van der Waals surface area contributed by atoms with Crippen molar-refractivity contribution in [2.75, 3.05) is 12.4 Å². The van der Waals surface area contributed by atoms with Gasteiger partial charge in [-0.1, -0.05) is 12.1 Å². The molecular formula is C16H18N2O2. The second-order valence-electron chi connectivity index (χ2n) is 4.40. The monoisotopic (exact) mass is 270 g/mol. The number of anilines is 1. The predicted molar refractivity (Wildman–Crippen MR) is 81.6 cm³/mol. The second-order valence-corrected chi connectivity index (χ2v) is 4.40. The van der Waals surface area contributed by atoms with Gasteiger partial charge in [-0.15, -0.1) is 0 Å². The van der Waals surface area contributed by atoms with Gasteiger partial charge in [-0.05, 0) is 48.9 Å². The molecule has 1 atom stereocenters. The highest BCUT2D eigenvalue weighted by Crippen LogP contribution is 2.24. The van der Waals surface area contributed by atoms with Crippen molar-refractivity contribution in [3.05, 3.63) is 54.1 Å². The summed E-state index contributed by atoms with van der Waals surface area (Å²) in [6.45, 7) is 1.74. The van der Waals surface area contributed by atoms with E-state index in [0.29, 0.717) is 0 Å². The molecule has 2 N–H and O–H groups in total. The van der Waals surface area contributed by atoms with Gasteiger partial charge in [0, 0.05) is 12.7 Å². The Morgan fingerprint density at radius 1 is 1.05 bits per heavy atom. The van der Waals surface area contributed by atoms with E-state index in [0.717, 1.165) is 22.7 Å². The van der Waals surface area contributed by atoms with E-state index in [-0.39, 0.29) is 0 Å². The molecule has 0 heterocycles. The van der Waals surface area contributed by atoms with Crippen LogP contribution < -0.4 is 10.1 Å². The highest BCUT2D eigenvalue weighted by Gasteiger charge is 2.01. The summed E-state index contributed by atoms with van der Waals surface area (Å²) in [5.41, 5.74) is 1.82. The van der Waals surface area contributed by atoms with Gasteiger partial charge >= 0.3 is 0 Å². The Bertz CT molecular complexity index is 560. The normalized spacial score (nSPS) is 12.3. The Labute approximate surface area is 118 Å². The lowest BCUT2D eigenvalue weighted by atomic mass is 10.1. The molecule has 4 heteroatoms. The number of nitrogens with zero attached hydrogens (tertiary/aromatic N) is 1. The zero-order chi connectivity index (χ0) is 14.4. The van der Waals surface area contributed by atoms with Crippen molar-refractivity contribution in [1.29, 1.82) is 0 Å². The molecule has 0 amide bonds. The van der Waals surface area contributed by atoms with Crippen LogP contribution in [0.2, 0.25) is 0 Å². The highest BCUT2D eigenvalue weighted by molar-refractivity contribution is 5.75. The largest absolute Gasteiger partial charge is 0.457 e. The first-order valence-electron chi connectivity index (χ1n) is 6.42. The van der Waals surface area contributed by atoms with Crippen LogP contribution in [0.15, 0.2) is 53.5 Å². The van der Waals surface area contributed by atoms with E-state index < -0.39 is 6.10 Å². The fraction of sp³-hybridized carbons (Fsp3) is 0.188. The van der Waals surface area contributed by atoms with Crippen LogP contribution in [0.3, 0.4) is 0 Å². The molecule has 0 saturated carbocycles. The summed E-state index contributed by atoms with van der Waals surface area (Å²) in [7, 11) is 1.71. The van der Waals surface area contributed by atoms with Crippen LogP contribution in [-0.4, -0.2) is 18.5 Å². The van der Waals surface area contributed by atoms with Crippen molar-refractivity contribution in [1.82, 2.24) is 0 Å². The molecule has 0 aliphatic carbocycles. The fourth-order valence-corrected chi connectivity index (χ4v) is 1.71. The van der Waals surface area contributed by atoms with Gasteiger partial charge in [0.1, 0.15) is 11.5 Å².